The molecule has 0 atom stereocenters. The Morgan fingerprint density at radius 2 is 1.93 bits per heavy atom. The summed E-state index contributed by atoms with van der Waals surface area (Å²) in [4.78, 5) is 17.6. The first kappa shape index (κ1) is 18.1. The number of hydrogen-bond acceptors (Lipinski definition) is 6. The van der Waals surface area contributed by atoms with Crippen LogP contribution in [-0.4, -0.2) is 31.6 Å². The number of pyridine rings is 2. The molecule has 0 spiro atoms. The topological polar surface area (TPSA) is 77.8 Å². The minimum Gasteiger partial charge on any atom is -0.489 e. The maximum atomic E-state index is 6.02. The summed E-state index contributed by atoms with van der Waals surface area (Å²) in [6.45, 7) is 2.39. The van der Waals surface area contributed by atoms with Crippen molar-refractivity contribution in [3.63, 3.8) is 0 Å². The second-order valence-corrected chi connectivity index (χ2v) is 7.02. The zero-order valence-corrected chi connectivity index (χ0v) is 16.7. The van der Waals surface area contributed by atoms with Crippen molar-refractivity contribution in [1.82, 2.24) is 24.5 Å². The van der Waals surface area contributed by atoms with Crippen LogP contribution < -0.4 is 10.1 Å². The molecular weight excluding hydrogens is 376 g/mol. The quantitative estimate of drug-likeness (QED) is 0.477. The van der Waals surface area contributed by atoms with E-state index in [4.69, 9.17) is 4.74 Å². The van der Waals surface area contributed by atoms with E-state index < -0.39 is 0 Å². The monoisotopic (exact) mass is 396 g/mol. The molecule has 7 nitrogen and oxygen atoms in total. The van der Waals surface area contributed by atoms with Crippen molar-refractivity contribution >= 4 is 27.8 Å². The van der Waals surface area contributed by atoms with Crippen molar-refractivity contribution < 1.29 is 4.74 Å². The summed E-state index contributed by atoms with van der Waals surface area (Å²) in [5, 5.41) is 5.16. The number of ether oxygens (including phenoxy) is 1. The smallest absolute Gasteiger partial charge is 0.148 e. The first-order valence-corrected chi connectivity index (χ1v) is 9.65. The Labute approximate surface area is 173 Å². The second kappa shape index (κ2) is 7.44. The van der Waals surface area contributed by atoms with Gasteiger partial charge in [-0.15, -0.1) is 0 Å². The Bertz CT molecular complexity index is 1360. The summed E-state index contributed by atoms with van der Waals surface area (Å²) >= 11 is 0. The number of hydrogen-bond donors (Lipinski definition) is 1. The van der Waals surface area contributed by atoms with Gasteiger partial charge >= 0.3 is 0 Å². The Morgan fingerprint density at radius 3 is 2.83 bits per heavy atom. The highest BCUT2D eigenvalue weighted by Gasteiger charge is 2.08. The molecule has 0 saturated carbocycles. The number of benzene rings is 1. The molecule has 0 bridgehead atoms. The van der Waals surface area contributed by atoms with Crippen molar-refractivity contribution in [3.05, 3.63) is 78.6 Å². The number of nitrogens with zero attached hydrogens (tertiary/aromatic N) is 5. The van der Waals surface area contributed by atoms with E-state index in [9.17, 15) is 0 Å². The first-order chi connectivity index (χ1) is 14.7. The van der Waals surface area contributed by atoms with Gasteiger partial charge in [0.05, 0.1) is 23.1 Å². The second-order valence-electron chi connectivity index (χ2n) is 7.02. The van der Waals surface area contributed by atoms with Crippen LogP contribution in [0.5, 0.6) is 5.75 Å². The number of rotatable bonds is 5. The fourth-order valence-corrected chi connectivity index (χ4v) is 3.46. The van der Waals surface area contributed by atoms with Crippen molar-refractivity contribution in [2.75, 3.05) is 12.4 Å². The minimum atomic E-state index is 0.408. The Hall–Kier alpha value is -4.00. The van der Waals surface area contributed by atoms with Crippen LogP contribution in [0.1, 0.15) is 11.3 Å². The van der Waals surface area contributed by atoms with Crippen LogP contribution in [0, 0.1) is 6.92 Å². The molecule has 0 amide bonds. The van der Waals surface area contributed by atoms with Crippen LogP contribution in [0.3, 0.4) is 0 Å². The van der Waals surface area contributed by atoms with E-state index in [1.807, 2.05) is 73.5 Å². The van der Waals surface area contributed by atoms with Gasteiger partial charge in [0.25, 0.3) is 0 Å². The van der Waals surface area contributed by atoms with Gasteiger partial charge in [0.1, 0.15) is 30.1 Å². The molecule has 30 heavy (non-hydrogen) atoms. The number of fused-ring (bicyclic) bond motifs is 2. The molecular formula is C23H20N6O. The molecule has 5 aromatic rings. The molecule has 1 N–H and O–H groups in total. The maximum Gasteiger partial charge on any atom is 0.148 e. The molecule has 0 aliphatic carbocycles. The number of aryl methyl sites for hydroxylation is 1. The van der Waals surface area contributed by atoms with Gasteiger partial charge in [-0.3, -0.25) is 9.55 Å². The first-order valence-electron chi connectivity index (χ1n) is 9.65. The maximum absolute atomic E-state index is 6.02. The van der Waals surface area contributed by atoms with E-state index in [1.165, 1.54) is 0 Å². The molecule has 7 heteroatoms. The van der Waals surface area contributed by atoms with Gasteiger partial charge in [0.15, 0.2) is 0 Å². The molecule has 0 aliphatic heterocycles. The summed E-state index contributed by atoms with van der Waals surface area (Å²) in [5.74, 6) is 1.60. The van der Waals surface area contributed by atoms with Gasteiger partial charge in [-0.1, -0.05) is 0 Å². The third-order valence-corrected chi connectivity index (χ3v) is 5.06. The van der Waals surface area contributed by atoms with Crippen molar-refractivity contribution in [1.29, 1.82) is 0 Å². The van der Waals surface area contributed by atoms with E-state index in [-0.39, 0.29) is 0 Å². The normalized spacial score (nSPS) is 11.1. The zero-order valence-electron chi connectivity index (χ0n) is 16.7. The molecule has 0 saturated heterocycles. The molecule has 1 aromatic carbocycles. The third-order valence-electron chi connectivity index (χ3n) is 5.06. The van der Waals surface area contributed by atoms with Crippen LogP contribution in [0.25, 0.3) is 27.6 Å². The highest BCUT2D eigenvalue weighted by molar-refractivity contribution is 5.82. The summed E-state index contributed by atoms with van der Waals surface area (Å²) in [6.07, 6.45) is 7.21. The molecule has 0 fully saturated rings. The lowest BCUT2D eigenvalue weighted by molar-refractivity contribution is 0.306. The fourth-order valence-electron chi connectivity index (χ4n) is 3.46. The zero-order chi connectivity index (χ0) is 20.5. The highest BCUT2D eigenvalue weighted by atomic mass is 16.5. The average Bonchev–Trinajstić information content (AvgIpc) is 3.23. The molecule has 0 unspecified atom stereocenters. The Balaban J connectivity index is 1.40. The van der Waals surface area contributed by atoms with E-state index >= 15 is 0 Å². The summed E-state index contributed by atoms with van der Waals surface area (Å²) in [5.41, 5.74) is 4.61. The molecule has 4 heterocycles. The predicted molar refractivity (Wildman–Crippen MR) is 117 cm³/mol. The number of nitrogens with one attached hydrogen (secondary N) is 1. The van der Waals surface area contributed by atoms with Crippen molar-refractivity contribution in [3.8, 4) is 11.4 Å². The average molecular weight is 396 g/mol. The van der Waals surface area contributed by atoms with Crippen molar-refractivity contribution in [2.45, 2.75) is 13.5 Å². The van der Waals surface area contributed by atoms with Crippen molar-refractivity contribution in [2.24, 2.45) is 0 Å². The van der Waals surface area contributed by atoms with Gasteiger partial charge in [-0.05, 0) is 43.3 Å². The molecule has 0 aliphatic rings. The lowest BCUT2D eigenvalue weighted by Crippen LogP contribution is -2.00. The minimum absolute atomic E-state index is 0.408. The summed E-state index contributed by atoms with van der Waals surface area (Å²) in [7, 11) is 1.86. The van der Waals surface area contributed by atoms with Crippen LogP contribution in [-0.2, 0) is 6.61 Å². The van der Waals surface area contributed by atoms with E-state index in [0.717, 1.165) is 50.4 Å². The van der Waals surface area contributed by atoms with Crippen LogP contribution in [0.15, 0.2) is 67.4 Å². The molecule has 4 aromatic heterocycles. The lowest BCUT2D eigenvalue weighted by Gasteiger charge is -2.10. The highest BCUT2D eigenvalue weighted by Crippen LogP contribution is 2.23. The standard InChI is InChI=1S/C23H20N6O/c1-15-20-7-8-29(23(20)27-14-26-15)18-9-16(11-25-12-18)13-30-19-5-3-17-4-6-22(24-2)28-21(17)10-19/h3-12,14H,13H2,1-2H3,(H,24,28). The Kier molecular flexibility index (Phi) is 4.48. The van der Waals surface area contributed by atoms with Gasteiger partial charge in [-0.25, -0.2) is 15.0 Å². The van der Waals surface area contributed by atoms with Gasteiger partial charge in [0.2, 0.25) is 0 Å². The summed E-state index contributed by atoms with van der Waals surface area (Å²) < 4.78 is 8.03. The number of anilines is 1. The van der Waals surface area contributed by atoms with Crippen LogP contribution >= 0.6 is 0 Å². The van der Waals surface area contributed by atoms with Crippen LogP contribution in [0.2, 0.25) is 0 Å². The van der Waals surface area contributed by atoms with Gasteiger partial charge in [-0.2, -0.15) is 0 Å². The van der Waals surface area contributed by atoms with E-state index in [1.54, 1.807) is 6.33 Å². The summed E-state index contributed by atoms with van der Waals surface area (Å²) in [6, 6.07) is 14.0. The largest absolute Gasteiger partial charge is 0.489 e. The molecule has 148 valence electrons. The fraction of sp³-hybridized carbons (Fsp3) is 0.130. The lowest BCUT2D eigenvalue weighted by atomic mass is 10.2. The molecule has 5 rings (SSSR count). The van der Waals surface area contributed by atoms with E-state index in [2.05, 4.69) is 31.3 Å². The number of aromatic nitrogens is 5. The van der Waals surface area contributed by atoms with Crippen LogP contribution in [0.4, 0.5) is 5.82 Å². The molecule has 0 radical (unpaired) electrons. The van der Waals surface area contributed by atoms with E-state index in [0.29, 0.717) is 6.61 Å². The van der Waals surface area contributed by atoms with Gasteiger partial charge < -0.3 is 10.1 Å². The Morgan fingerprint density at radius 1 is 1.03 bits per heavy atom. The SMILES string of the molecule is CNc1ccc2ccc(OCc3cncc(-n4ccc5c(C)ncnc54)c3)cc2n1. The van der Waals surface area contributed by atoms with Gasteiger partial charge in [0, 0.05) is 41.8 Å². The predicted octanol–water partition coefficient (Wildman–Crippen LogP) is 4.29. The third kappa shape index (κ3) is 3.30.